The molecule has 0 saturated carbocycles. The van der Waals surface area contributed by atoms with Crippen molar-refractivity contribution in [3.05, 3.63) is 53.0 Å². The summed E-state index contributed by atoms with van der Waals surface area (Å²) in [6.45, 7) is 3.79. The molecule has 29 heavy (non-hydrogen) atoms. The van der Waals surface area contributed by atoms with Crippen molar-refractivity contribution in [2.24, 2.45) is 0 Å². The SMILES string of the molecule is CCOC(=O)c1ccc(S(=O)(=O)N2CCN(C(=O)c3ccc(C)c(F)c3)CC2)o1. The molecular weight excluding hydrogens is 403 g/mol. The summed E-state index contributed by atoms with van der Waals surface area (Å²) in [7, 11) is -3.95. The average molecular weight is 424 g/mol. The Bertz CT molecular complexity index is 1030. The number of hydrogen-bond acceptors (Lipinski definition) is 6. The molecule has 0 aliphatic carbocycles. The van der Waals surface area contributed by atoms with E-state index in [0.717, 1.165) is 0 Å². The van der Waals surface area contributed by atoms with Crippen LogP contribution in [0.15, 0.2) is 39.8 Å². The van der Waals surface area contributed by atoms with E-state index in [9.17, 15) is 22.4 Å². The quantitative estimate of drug-likeness (QED) is 0.682. The van der Waals surface area contributed by atoms with Crippen LogP contribution in [0, 0.1) is 12.7 Å². The Labute approximate surface area is 167 Å². The molecule has 2 heterocycles. The Hall–Kier alpha value is -2.72. The molecule has 1 saturated heterocycles. The van der Waals surface area contributed by atoms with E-state index in [1.54, 1.807) is 19.9 Å². The molecule has 3 rings (SSSR count). The van der Waals surface area contributed by atoms with Crippen molar-refractivity contribution < 1.29 is 31.6 Å². The van der Waals surface area contributed by atoms with Crippen LogP contribution in [0.3, 0.4) is 0 Å². The lowest BCUT2D eigenvalue weighted by molar-refractivity contribution is 0.0483. The van der Waals surface area contributed by atoms with Crippen LogP contribution in [0.4, 0.5) is 4.39 Å². The summed E-state index contributed by atoms with van der Waals surface area (Å²) in [5.41, 5.74) is 0.660. The van der Waals surface area contributed by atoms with Gasteiger partial charge in [0.1, 0.15) is 5.82 Å². The van der Waals surface area contributed by atoms with E-state index in [-0.39, 0.29) is 55.1 Å². The molecule has 8 nitrogen and oxygen atoms in total. The lowest BCUT2D eigenvalue weighted by Crippen LogP contribution is -2.50. The number of amides is 1. The standard InChI is InChI=1S/C19H21FN2O6S/c1-3-27-19(24)16-6-7-17(28-16)29(25,26)22-10-8-21(9-11-22)18(23)14-5-4-13(2)15(20)12-14/h4-7,12H,3,8-11H2,1-2H3. The van der Waals surface area contributed by atoms with Crippen LogP contribution >= 0.6 is 0 Å². The Morgan fingerprint density at radius 2 is 1.83 bits per heavy atom. The molecule has 1 amide bonds. The van der Waals surface area contributed by atoms with E-state index >= 15 is 0 Å². The topological polar surface area (TPSA) is 97.1 Å². The van der Waals surface area contributed by atoms with Crippen LogP contribution < -0.4 is 0 Å². The van der Waals surface area contributed by atoms with Gasteiger partial charge in [-0.05, 0) is 43.7 Å². The number of rotatable bonds is 5. The summed E-state index contributed by atoms with van der Waals surface area (Å²) in [5, 5.41) is -0.360. The number of sulfonamides is 1. The molecule has 1 fully saturated rings. The molecule has 1 aliphatic rings. The Kier molecular flexibility index (Phi) is 6.04. The van der Waals surface area contributed by atoms with Crippen molar-refractivity contribution >= 4 is 21.9 Å². The molecular formula is C19H21FN2O6S. The maximum absolute atomic E-state index is 13.7. The molecule has 1 aromatic heterocycles. The third-order valence-corrected chi connectivity index (χ3v) is 6.37. The molecule has 0 unspecified atom stereocenters. The van der Waals surface area contributed by atoms with Gasteiger partial charge in [0, 0.05) is 31.7 Å². The third kappa shape index (κ3) is 4.33. The summed E-state index contributed by atoms with van der Waals surface area (Å²) in [5.74, 6) is -1.76. The Morgan fingerprint density at radius 3 is 2.45 bits per heavy atom. The van der Waals surface area contributed by atoms with Crippen molar-refractivity contribution in [1.29, 1.82) is 0 Å². The summed E-state index contributed by atoms with van der Waals surface area (Å²) in [4.78, 5) is 25.7. The van der Waals surface area contributed by atoms with Crippen LogP contribution in [0.1, 0.15) is 33.4 Å². The van der Waals surface area contributed by atoms with Gasteiger partial charge >= 0.3 is 5.97 Å². The number of hydrogen-bond donors (Lipinski definition) is 0. The fourth-order valence-corrected chi connectivity index (χ4v) is 4.27. The predicted molar refractivity (Wildman–Crippen MR) is 100 cm³/mol. The van der Waals surface area contributed by atoms with Crippen LogP contribution in [-0.4, -0.2) is 62.3 Å². The largest absolute Gasteiger partial charge is 0.460 e. The van der Waals surface area contributed by atoms with Gasteiger partial charge in [-0.15, -0.1) is 0 Å². The number of esters is 1. The number of piperazine rings is 1. The minimum atomic E-state index is -3.95. The lowest BCUT2D eigenvalue weighted by atomic mass is 10.1. The first-order valence-corrected chi connectivity index (χ1v) is 10.5. The van der Waals surface area contributed by atoms with Gasteiger partial charge in [-0.3, -0.25) is 4.79 Å². The van der Waals surface area contributed by atoms with Gasteiger partial charge in [0.25, 0.3) is 15.9 Å². The zero-order valence-corrected chi connectivity index (χ0v) is 16.9. The summed E-state index contributed by atoms with van der Waals surface area (Å²) in [6, 6.07) is 6.70. The lowest BCUT2D eigenvalue weighted by Gasteiger charge is -2.33. The van der Waals surface area contributed by atoms with Gasteiger partial charge in [-0.25, -0.2) is 17.6 Å². The molecule has 10 heteroatoms. The molecule has 0 N–H and O–H groups in total. The highest BCUT2D eigenvalue weighted by Gasteiger charge is 2.33. The number of carbonyl (C=O) groups excluding carboxylic acids is 2. The smallest absolute Gasteiger partial charge is 0.374 e. The maximum Gasteiger partial charge on any atom is 0.374 e. The number of carbonyl (C=O) groups is 2. The van der Waals surface area contributed by atoms with Gasteiger partial charge in [0.2, 0.25) is 10.9 Å². The number of halogens is 1. The van der Waals surface area contributed by atoms with Gasteiger partial charge in [-0.2, -0.15) is 4.31 Å². The zero-order chi connectivity index (χ0) is 21.2. The van der Waals surface area contributed by atoms with Crippen molar-refractivity contribution in [2.75, 3.05) is 32.8 Å². The van der Waals surface area contributed by atoms with Gasteiger partial charge in [-0.1, -0.05) is 6.07 Å². The van der Waals surface area contributed by atoms with Crippen molar-refractivity contribution in [1.82, 2.24) is 9.21 Å². The molecule has 0 atom stereocenters. The molecule has 0 bridgehead atoms. The van der Waals surface area contributed by atoms with Gasteiger partial charge in [0.05, 0.1) is 6.61 Å². The highest BCUT2D eigenvalue weighted by Crippen LogP contribution is 2.21. The molecule has 0 spiro atoms. The van der Waals surface area contributed by atoms with Gasteiger partial charge < -0.3 is 14.1 Å². The monoisotopic (exact) mass is 424 g/mol. The average Bonchev–Trinajstić information content (AvgIpc) is 3.21. The third-order valence-electron chi connectivity index (χ3n) is 4.60. The Balaban J connectivity index is 1.67. The van der Waals surface area contributed by atoms with E-state index in [4.69, 9.17) is 9.15 Å². The summed E-state index contributed by atoms with van der Waals surface area (Å²) >= 11 is 0. The van der Waals surface area contributed by atoms with E-state index < -0.39 is 21.8 Å². The number of aryl methyl sites for hydroxylation is 1. The normalized spacial score (nSPS) is 15.3. The van der Waals surface area contributed by atoms with Crippen molar-refractivity contribution in [3.8, 4) is 0 Å². The second-order valence-corrected chi connectivity index (χ2v) is 8.37. The molecule has 2 aromatic rings. The number of nitrogens with zero attached hydrogens (tertiary/aromatic N) is 2. The number of ether oxygens (including phenoxy) is 1. The first-order valence-electron chi connectivity index (χ1n) is 9.06. The second kappa shape index (κ2) is 8.34. The minimum absolute atomic E-state index is 0.0534. The summed E-state index contributed by atoms with van der Waals surface area (Å²) < 4.78 is 50.3. The van der Waals surface area contributed by atoms with E-state index in [0.29, 0.717) is 5.56 Å². The first-order chi connectivity index (χ1) is 13.7. The van der Waals surface area contributed by atoms with E-state index in [1.165, 1.54) is 33.5 Å². The fourth-order valence-electron chi connectivity index (χ4n) is 2.94. The summed E-state index contributed by atoms with van der Waals surface area (Å²) in [6.07, 6.45) is 0. The van der Waals surface area contributed by atoms with Crippen LogP contribution in [0.5, 0.6) is 0 Å². The first kappa shape index (κ1) is 21.0. The van der Waals surface area contributed by atoms with Crippen molar-refractivity contribution in [3.63, 3.8) is 0 Å². The fraction of sp³-hybridized carbons (Fsp3) is 0.368. The van der Waals surface area contributed by atoms with Gasteiger partial charge in [0.15, 0.2) is 0 Å². The molecule has 1 aliphatic heterocycles. The minimum Gasteiger partial charge on any atom is -0.460 e. The van der Waals surface area contributed by atoms with E-state index in [1.807, 2.05) is 0 Å². The van der Waals surface area contributed by atoms with Crippen molar-refractivity contribution in [2.45, 2.75) is 18.9 Å². The van der Waals surface area contributed by atoms with Crippen LogP contribution in [-0.2, 0) is 14.8 Å². The number of furan rings is 1. The highest BCUT2D eigenvalue weighted by molar-refractivity contribution is 7.89. The Morgan fingerprint density at radius 1 is 1.14 bits per heavy atom. The molecule has 1 aromatic carbocycles. The molecule has 156 valence electrons. The number of benzene rings is 1. The van der Waals surface area contributed by atoms with Crippen LogP contribution in [0.25, 0.3) is 0 Å². The predicted octanol–water partition coefficient (Wildman–Crippen LogP) is 2.05. The maximum atomic E-state index is 13.7. The van der Waals surface area contributed by atoms with Crippen LogP contribution in [0.2, 0.25) is 0 Å². The van der Waals surface area contributed by atoms with E-state index in [2.05, 4.69) is 0 Å². The second-order valence-electron chi connectivity index (χ2n) is 6.50. The zero-order valence-electron chi connectivity index (χ0n) is 16.1. The highest BCUT2D eigenvalue weighted by atomic mass is 32.2. The molecule has 0 radical (unpaired) electrons.